The van der Waals surface area contributed by atoms with Crippen LogP contribution >= 0.6 is 0 Å². The zero-order chi connectivity index (χ0) is 17.6. The summed E-state index contributed by atoms with van der Waals surface area (Å²) in [6.45, 7) is 1.50. The molecule has 4 rings (SSSR count). The van der Waals surface area contributed by atoms with E-state index in [0.29, 0.717) is 12.4 Å². The van der Waals surface area contributed by atoms with E-state index in [0.717, 1.165) is 61.8 Å². The molecule has 0 unspecified atom stereocenters. The summed E-state index contributed by atoms with van der Waals surface area (Å²) in [7, 11) is 1.85. The number of aromatic nitrogens is 3. The lowest BCUT2D eigenvalue weighted by molar-refractivity contribution is -0.138. The number of aryl methyl sites for hydroxylation is 1. The molecule has 1 aliphatic carbocycles. The Balaban J connectivity index is 1.57. The first-order valence-corrected chi connectivity index (χ1v) is 9.15. The second kappa shape index (κ2) is 5.98. The van der Waals surface area contributed by atoms with Gasteiger partial charge in [-0.05, 0) is 37.8 Å². The number of carbonyl (C=O) groups excluding carboxylic acids is 1. The van der Waals surface area contributed by atoms with Gasteiger partial charge in [0.25, 0.3) is 0 Å². The minimum atomic E-state index is -0.643. The van der Waals surface area contributed by atoms with Crippen molar-refractivity contribution in [2.45, 2.75) is 50.0 Å². The van der Waals surface area contributed by atoms with Gasteiger partial charge in [-0.25, -0.2) is 9.67 Å². The Hall–Kier alpha value is -2.15. The Bertz CT molecular complexity index is 807. The van der Waals surface area contributed by atoms with Crippen molar-refractivity contribution < 1.29 is 4.79 Å². The third-order valence-corrected chi connectivity index (χ3v) is 5.79. The number of hydrogen-bond donors (Lipinski definition) is 2. The zero-order valence-corrected chi connectivity index (χ0v) is 14.7. The van der Waals surface area contributed by atoms with E-state index in [2.05, 4.69) is 5.10 Å². The fraction of sp³-hybridized carbons (Fsp3) is 0.611. The number of rotatable bonds is 2. The number of amides is 1. The molecule has 25 heavy (non-hydrogen) atoms. The third-order valence-electron chi connectivity index (χ3n) is 5.79. The molecule has 1 saturated carbocycles. The molecule has 134 valence electrons. The van der Waals surface area contributed by atoms with Crippen molar-refractivity contribution in [2.75, 3.05) is 18.8 Å². The van der Waals surface area contributed by atoms with Crippen LogP contribution in [0, 0.1) is 0 Å². The molecule has 1 atom stereocenters. The first kappa shape index (κ1) is 16.3. The van der Waals surface area contributed by atoms with Gasteiger partial charge in [-0.1, -0.05) is 12.8 Å². The Morgan fingerprint density at radius 2 is 2.04 bits per heavy atom. The fourth-order valence-corrected chi connectivity index (χ4v) is 4.34. The second-order valence-electron chi connectivity index (χ2n) is 7.57. The summed E-state index contributed by atoms with van der Waals surface area (Å²) in [5, 5.41) is 5.11. The number of nitrogens with two attached hydrogens (primary N) is 2. The van der Waals surface area contributed by atoms with Crippen molar-refractivity contribution in [1.29, 1.82) is 0 Å². The van der Waals surface area contributed by atoms with E-state index in [4.69, 9.17) is 16.5 Å². The quantitative estimate of drug-likeness (QED) is 0.861. The maximum atomic E-state index is 12.9. The molecule has 3 heterocycles. The lowest BCUT2D eigenvalue weighted by atomic mass is 9.91. The molecular weight excluding hydrogens is 316 g/mol. The van der Waals surface area contributed by atoms with Gasteiger partial charge in [0.15, 0.2) is 11.5 Å². The summed E-state index contributed by atoms with van der Waals surface area (Å²) in [5.74, 6) is 0.868. The molecule has 2 aromatic rings. The maximum Gasteiger partial charge on any atom is 0.242 e. The van der Waals surface area contributed by atoms with Crippen molar-refractivity contribution in [3.8, 4) is 0 Å². The highest BCUT2D eigenvalue weighted by molar-refractivity contribution is 5.87. The van der Waals surface area contributed by atoms with E-state index in [1.165, 1.54) is 0 Å². The van der Waals surface area contributed by atoms with Crippen LogP contribution in [-0.2, 0) is 11.8 Å². The van der Waals surface area contributed by atoms with Gasteiger partial charge in [-0.15, -0.1) is 0 Å². The Morgan fingerprint density at radius 3 is 2.80 bits per heavy atom. The van der Waals surface area contributed by atoms with Gasteiger partial charge in [0.2, 0.25) is 5.91 Å². The molecule has 0 bridgehead atoms. The lowest BCUT2D eigenvalue weighted by Gasteiger charge is -2.37. The minimum absolute atomic E-state index is 0.126. The minimum Gasteiger partial charge on any atom is -0.382 e. The SMILES string of the molecule is Cn1nc(N)c2ccc([C@@H]3CCCN(C(=O)C4(N)CCCC4)C3)nc21. The van der Waals surface area contributed by atoms with Gasteiger partial charge in [0.1, 0.15) is 0 Å². The molecule has 2 aromatic heterocycles. The Labute approximate surface area is 147 Å². The maximum absolute atomic E-state index is 12.9. The van der Waals surface area contributed by atoms with Crippen molar-refractivity contribution in [2.24, 2.45) is 12.8 Å². The van der Waals surface area contributed by atoms with Gasteiger partial charge < -0.3 is 16.4 Å². The largest absolute Gasteiger partial charge is 0.382 e. The molecule has 2 fully saturated rings. The van der Waals surface area contributed by atoms with Gasteiger partial charge in [0.05, 0.1) is 10.9 Å². The van der Waals surface area contributed by atoms with E-state index in [1.54, 1.807) is 4.68 Å². The van der Waals surface area contributed by atoms with Gasteiger partial charge in [-0.3, -0.25) is 4.79 Å². The van der Waals surface area contributed by atoms with Crippen molar-refractivity contribution in [3.05, 3.63) is 17.8 Å². The molecule has 1 amide bonds. The highest BCUT2D eigenvalue weighted by Crippen LogP contribution is 2.33. The van der Waals surface area contributed by atoms with Crippen molar-refractivity contribution in [1.82, 2.24) is 19.7 Å². The number of carbonyl (C=O) groups is 1. The number of nitrogens with zero attached hydrogens (tertiary/aromatic N) is 4. The van der Waals surface area contributed by atoms with E-state index < -0.39 is 5.54 Å². The molecule has 7 nitrogen and oxygen atoms in total. The summed E-state index contributed by atoms with van der Waals surface area (Å²) >= 11 is 0. The summed E-state index contributed by atoms with van der Waals surface area (Å²) in [4.78, 5) is 19.7. The van der Waals surface area contributed by atoms with E-state index in [1.807, 2.05) is 24.1 Å². The molecule has 0 aromatic carbocycles. The predicted molar refractivity (Wildman–Crippen MR) is 96.9 cm³/mol. The van der Waals surface area contributed by atoms with Crippen LogP contribution < -0.4 is 11.5 Å². The molecule has 2 aliphatic rings. The summed E-state index contributed by atoms with van der Waals surface area (Å²) in [6.07, 6.45) is 5.75. The summed E-state index contributed by atoms with van der Waals surface area (Å²) in [5.41, 5.74) is 13.5. The van der Waals surface area contributed by atoms with E-state index >= 15 is 0 Å². The monoisotopic (exact) mass is 342 g/mol. The van der Waals surface area contributed by atoms with E-state index in [-0.39, 0.29) is 11.8 Å². The zero-order valence-electron chi connectivity index (χ0n) is 14.7. The average Bonchev–Trinajstić information content (AvgIpc) is 3.19. The van der Waals surface area contributed by atoms with Crippen LogP contribution in [0.4, 0.5) is 5.82 Å². The second-order valence-corrected chi connectivity index (χ2v) is 7.57. The van der Waals surface area contributed by atoms with Crippen LogP contribution in [-0.4, -0.2) is 44.2 Å². The predicted octanol–water partition coefficient (Wildman–Crippen LogP) is 1.53. The Morgan fingerprint density at radius 1 is 1.28 bits per heavy atom. The first-order chi connectivity index (χ1) is 12.0. The standard InChI is InChI=1S/C18H26N6O/c1-23-16-13(15(19)22-23)6-7-14(21-16)12-5-4-10-24(11-12)17(25)18(20)8-2-3-9-18/h6-7,12H,2-5,8-11,20H2,1H3,(H2,19,22)/t12-/m1/s1. The highest BCUT2D eigenvalue weighted by Gasteiger charge is 2.41. The van der Waals surface area contributed by atoms with Crippen molar-refractivity contribution >= 4 is 22.8 Å². The molecule has 0 radical (unpaired) electrons. The number of likely N-dealkylation sites (tertiary alicyclic amines) is 1. The van der Waals surface area contributed by atoms with Crippen LogP contribution in [0.15, 0.2) is 12.1 Å². The molecule has 7 heteroatoms. The number of anilines is 1. The number of pyridine rings is 1. The molecule has 1 saturated heterocycles. The van der Waals surface area contributed by atoms with Crippen molar-refractivity contribution in [3.63, 3.8) is 0 Å². The van der Waals surface area contributed by atoms with Crippen LogP contribution in [0.1, 0.15) is 50.1 Å². The van der Waals surface area contributed by atoms with Crippen LogP contribution in [0.25, 0.3) is 11.0 Å². The fourth-order valence-electron chi connectivity index (χ4n) is 4.34. The first-order valence-electron chi connectivity index (χ1n) is 9.15. The number of hydrogen-bond acceptors (Lipinski definition) is 5. The van der Waals surface area contributed by atoms with Gasteiger partial charge in [-0.2, -0.15) is 5.10 Å². The molecule has 4 N–H and O–H groups in total. The number of nitrogen functional groups attached to an aromatic ring is 1. The van der Waals surface area contributed by atoms with Crippen LogP contribution in [0.2, 0.25) is 0 Å². The molecule has 0 spiro atoms. The van der Waals surface area contributed by atoms with Crippen LogP contribution in [0.3, 0.4) is 0 Å². The smallest absolute Gasteiger partial charge is 0.242 e. The van der Waals surface area contributed by atoms with Gasteiger partial charge >= 0.3 is 0 Å². The lowest BCUT2D eigenvalue weighted by Crippen LogP contribution is -2.55. The third kappa shape index (κ3) is 2.76. The summed E-state index contributed by atoms with van der Waals surface area (Å²) in [6, 6.07) is 4.01. The Kier molecular flexibility index (Phi) is 3.91. The summed E-state index contributed by atoms with van der Waals surface area (Å²) < 4.78 is 1.72. The number of fused-ring (bicyclic) bond motifs is 1. The van der Waals surface area contributed by atoms with Gasteiger partial charge in [0, 0.05) is 31.7 Å². The average molecular weight is 342 g/mol. The molecular formula is C18H26N6O. The highest BCUT2D eigenvalue weighted by atomic mass is 16.2. The molecule has 1 aliphatic heterocycles. The van der Waals surface area contributed by atoms with Crippen LogP contribution in [0.5, 0.6) is 0 Å². The normalized spacial score (nSPS) is 23.3. The van der Waals surface area contributed by atoms with E-state index in [9.17, 15) is 4.79 Å². The topological polar surface area (TPSA) is 103 Å². The number of piperidine rings is 1.